The molecule has 146 valence electrons. The molecule has 1 atom stereocenters. The number of aromatic nitrogens is 1. The molecule has 1 rings (SSSR count). The molecule has 0 spiro atoms. The highest BCUT2D eigenvalue weighted by Gasteiger charge is 2.29. The molecule has 1 aromatic heterocycles. The van der Waals surface area contributed by atoms with Crippen LogP contribution >= 0.6 is 0 Å². The number of nitro groups is 2. The maximum absolute atomic E-state index is 12.2. The van der Waals surface area contributed by atoms with E-state index in [4.69, 9.17) is 10.2 Å². The third kappa shape index (κ3) is 5.87. The molecule has 1 heterocycles. The summed E-state index contributed by atoms with van der Waals surface area (Å²) in [5.74, 6) is -3.43. The lowest BCUT2D eigenvalue weighted by Crippen LogP contribution is -2.35. The lowest BCUT2D eigenvalue weighted by Gasteiger charge is -2.19. The smallest absolute Gasteiger partial charge is 0.339 e. The van der Waals surface area contributed by atoms with Crippen molar-refractivity contribution in [2.45, 2.75) is 25.3 Å². The second-order valence-electron chi connectivity index (χ2n) is 5.20. The summed E-state index contributed by atoms with van der Waals surface area (Å²) in [6.07, 6.45) is -0.227. The number of carbonyl (C=O) groups is 3. The minimum atomic E-state index is -1.47. The molecule has 0 unspecified atom stereocenters. The molecule has 1 amide bonds. The van der Waals surface area contributed by atoms with Crippen molar-refractivity contribution in [1.82, 2.24) is 9.88 Å². The third-order valence-electron chi connectivity index (χ3n) is 3.33. The first-order chi connectivity index (χ1) is 12.5. The van der Waals surface area contributed by atoms with Gasteiger partial charge in [-0.3, -0.25) is 39.4 Å². The molecule has 14 nitrogen and oxygen atoms in total. The van der Waals surface area contributed by atoms with E-state index >= 15 is 0 Å². The lowest BCUT2D eigenvalue weighted by molar-refractivity contribution is -0.397. The van der Waals surface area contributed by atoms with E-state index in [1.54, 1.807) is 0 Å². The molecule has 0 aliphatic rings. The molecule has 27 heavy (non-hydrogen) atoms. The SMILES string of the molecule is O=C(O)CCNC(=O)[C@@H](CCC(=O)O)n1cc([N+](=O)[O-])c(=O)c([N+](=O)[O-])c1. The van der Waals surface area contributed by atoms with Crippen LogP contribution in [0.25, 0.3) is 0 Å². The van der Waals surface area contributed by atoms with Gasteiger partial charge in [0, 0.05) is 13.0 Å². The number of amides is 1. The molecule has 0 saturated heterocycles. The summed E-state index contributed by atoms with van der Waals surface area (Å²) in [7, 11) is 0. The number of hydrogen-bond acceptors (Lipinski definition) is 8. The summed E-state index contributed by atoms with van der Waals surface area (Å²) in [6.45, 7) is -0.317. The zero-order chi connectivity index (χ0) is 20.7. The van der Waals surface area contributed by atoms with E-state index in [2.05, 4.69) is 5.32 Å². The van der Waals surface area contributed by atoms with Crippen LogP contribution in [-0.2, 0) is 14.4 Å². The van der Waals surface area contributed by atoms with Gasteiger partial charge in [0.25, 0.3) is 0 Å². The first kappa shape index (κ1) is 21.2. The normalized spacial score (nSPS) is 11.4. The van der Waals surface area contributed by atoms with Crippen LogP contribution in [0.1, 0.15) is 25.3 Å². The highest BCUT2D eigenvalue weighted by Crippen LogP contribution is 2.20. The average Bonchev–Trinajstić information content (AvgIpc) is 2.54. The summed E-state index contributed by atoms with van der Waals surface area (Å²) in [4.78, 5) is 64.9. The molecular weight excluding hydrogens is 372 g/mol. The summed E-state index contributed by atoms with van der Waals surface area (Å²) >= 11 is 0. The topological polar surface area (TPSA) is 212 Å². The number of nitrogens with one attached hydrogen (secondary N) is 1. The predicted molar refractivity (Wildman–Crippen MR) is 85.2 cm³/mol. The maximum atomic E-state index is 12.2. The van der Waals surface area contributed by atoms with Crippen molar-refractivity contribution in [2.75, 3.05) is 6.54 Å². The largest absolute Gasteiger partial charge is 0.481 e. The van der Waals surface area contributed by atoms with E-state index in [1.807, 2.05) is 0 Å². The van der Waals surface area contributed by atoms with E-state index < -0.39 is 69.8 Å². The van der Waals surface area contributed by atoms with Gasteiger partial charge in [-0.1, -0.05) is 0 Å². The maximum Gasteiger partial charge on any atom is 0.339 e. The van der Waals surface area contributed by atoms with Gasteiger partial charge in [0.05, 0.1) is 28.7 Å². The zero-order valence-electron chi connectivity index (χ0n) is 13.6. The van der Waals surface area contributed by atoms with Crippen LogP contribution in [-0.4, -0.2) is 49.0 Å². The molecule has 0 aliphatic carbocycles. The van der Waals surface area contributed by atoms with Crippen molar-refractivity contribution >= 4 is 29.2 Å². The minimum absolute atomic E-state index is 0.317. The van der Waals surface area contributed by atoms with Crippen LogP contribution in [0.2, 0.25) is 0 Å². The molecule has 0 fully saturated rings. The Balaban J connectivity index is 3.34. The van der Waals surface area contributed by atoms with Gasteiger partial charge in [-0.2, -0.15) is 0 Å². The number of aliphatic carboxylic acids is 2. The molecular formula is C13H14N4O10. The number of pyridine rings is 1. The van der Waals surface area contributed by atoms with Gasteiger partial charge in [0.2, 0.25) is 5.91 Å². The van der Waals surface area contributed by atoms with Crippen molar-refractivity contribution in [2.24, 2.45) is 0 Å². The monoisotopic (exact) mass is 386 g/mol. The highest BCUT2D eigenvalue weighted by atomic mass is 16.6. The molecule has 3 N–H and O–H groups in total. The summed E-state index contributed by atoms with van der Waals surface area (Å²) < 4.78 is 0.705. The molecule has 0 saturated carbocycles. The second-order valence-corrected chi connectivity index (χ2v) is 5.20. The summed E-state index contributed by atoms with van der Waals surface area (Å²) in [5, 5.41) is 41.5. The molecule has 0 aliphatic heterocycles. The second kappa shape index (κ2) is 9.02. The van der Waals surface area contributed by atoms with E-state index in [-0.39, 0.29) is 6.54 Å². The van der Waals surface area contributed by atoms with Gasteiger partial charge in [-0.05, 0) is 6.42 Å². The average molecular weight is 386 g/mol. The Morgan fingerprint density at radius 3 is 1.93 bits per heavy atom. The Labute approximate surface area is 149 Å². The van der Waals surface area contributed by atoms with Crippen molar-refractivity contribution < 1.29 is 34.4 Å². The van der Waals surface area contributed by atoms with Crippen LogP contribution in [0.5, 0.6) is 0 Å². The number of carboxylic acid groups (broad SMARTS) is 2. The van der Waals surface area contributed by atoms with E-state index in [9.17, 15) is 39.4 Å². The number of hydrogen-bond donors (Lipinski definition) is 3. The van der Waals surface area contributed by atoms with Crippen molar-refractivity contribution in [3.8, 4) is 0 Å². The van der Waals surface area contributed by atoms with Crippen molar-refractivity contribution in [3.05, 3.63) is 42.8 Å². The first-order valence-corrected chi connectivity index (χ1v) is 7.30. The van der Waals surface area contributed by atoms with Crippen LogP contribution in [0.15, 0.2) is 17.2 Å². The van der Waals surface area contributed by atoms with E-state index in [1.165, 1.54) is 0 Å². The molecule has 0 bridgehead atoms. The van der Waals surface area contributed by atoms with Gasteiger partial charge < -0.3 is 20.1 Å². The van der Waals surface area contributed by atoms with Gasteiger partial charge in [-0.15, -0.1) is 0 Å². The number of carboxylic acids is 2. The van der Waals surface area contributed by atoms with Gasteiger partial charge in [-0.25, -0.2) is 0 Å². The van der Waals surface area contributed by atoms with Crippen LogP contribution in [0.3, 0.4) is 0 Å². The lowest BCUT2D eigenvalue weighted by atomic mass is 10.1. The first-order valence-electron chi connectivity index (χ1n) is 7.30. The molecule has 1 aromatic rings. The fourth-order valence-electron chi connectivity index (χ4n) is 2.09. The van der Waals surface area contributed by atoms with Gasteiger partial charge in [0.15, 0.2) is 0 Å². The highest BCUT2D eigenvalue weighted by molar-refractivity contribution is 5.81. The fraction of sp³-hybridized carbons (Fsp3) is 0.385. The van der Waals surface area contributed by atoms with E-state index in [0.29, 0.717) is 17.0 Å². The fourth-order valence-corrected chi connectivity index (χ4v) is 2.09. The Hall–Kier alpha value is -3.84. The van der Waals surface area contributed by atoms with Crippen molar-refractivity contribution in [1.29, 1.82) is 0 Å². The predicted octanol–water partition coefficient (Wildman–Crippen LogP) is -0.338. The Morgan fingerprint density at radius 1 is 1.04 bits per heavy atom. The quantitative estimate of drug-likeness (QED) is 0.351. The Morgan fingerprint density at radius 2 is 1.52 bits per heavy atom. The zero-order valence-corrected chi connectivity index (χ0v) is 13.6. The number of rotatable bonds is 10. The summed E-state index contributed by atoms with van der Waals surface area (Å²) in [6, 6.07) is -1.45. The molecule has 14 heteroatoms. The van der Waals surface area contributed by atoms with Crippen LogP contribution in [0, 0.1) is 20.2 Å². The van der Waals surface area contributed by atoms with Crippen LogP contribution < -0.4 is 10.7 Å². The number of nitrogens with zero attached hydrogens (tertiary/aromatic N) is 3. The standard InChI is InChI=1S/C13H14N4O10/c18-10(19)2-1-7(13(23)14-4-3-11(20)21)15-5-8(16(24)25)12(22)9(6-15)17(26)27/h5-7H,1-4H2,(H,14,23)(H,18,19)(H,20,21)/t7-/m1/s1. The number of carbonyl (C=O) groups excluding carboxylic acids is 1. The summed E-state index contributed by atoms with van der Waals surface area (Å²) in [5.41, 5.74) is -3.80. The van der Waals surface area contributed by atoms with Gasteiger partial charge in [0.1, 0.15) is 6.04 Å². The molecule has 0 radical (unpaired) electrons. The van der Waals surface area contributed by atoms with E-state index in [0.717, 1.165) is 0 Å². The molecule has 0 aromatic carbocycles. The van der Waals surface area contributed by atoms with Crippen LogP contribution in [0.4, 0.5) is 11.4 Å². The third-order valence-corrected chi connectivity index (χ3v) is 3.33. The van der Waals surface area contributed by atoms with Crippen molar-refractivity contribution in [3.63, 3.8) is 0 Å². The Kier molecular flexibility index (Phi) is 7.09. The minimum Gasteiger partial charge on any atom is -0.481 e. The Bertz CT molecular complexity index is 808. The van der Waals surface area contributed by atoms with Gasteiger partial charge >= 0.3 is 28.7 Å².